The van der Waals surface area contributed by atoms with E-state index in [1.165, 1.54) is 116 Å². The molecule has 0 radical (unpaired) electrons. The van der Waals surface area contributed by atoms with Crippen molar-refractivity contribution >= 4 is 0 Å². The summed E-state index contributed by atoms with van der Waals surface area (Å²) < 4.78 is 0. The Bertz CT molecular complexity index is 339. The van der Waals surface area contributed by atoms with Crippen LogP contribution in [0.3, 0.4) is 0 Å². The molecular weight excluding hydrogens is 328 g/mol. The Morgan fingerprint density at radius 3 is 1.48 bits per heavy atom. The normalized spacial score (nSPS) is 16.6. The van der Waals surface area contributed by atoms with Crippen molar-refractivity contribution in [3.8, 4) is 0 Å². The average molecular weight is 379 g/mol. The molecule has 1 aliphatic rings. The molecule has 0 saturated carbocycles. The summed E-state index contributed by atoms with van der Waals surface area (Å²) in [6.07, 6.45) is 29.4. The minimum Gasteiger partial charge on any atom is -0.356 e. The van der Waals surface area contributed by atoms with Gasteiger partial charge in [0.1, 0.15) is 6.17 Å². The average Bonchev–Trinajstić information content (AvgIpc) is 3.07. The highest BCUT2D eigenvalue weighted by Gasteiger charge is 2.23. The van der Waals surface area contributed by atoms with Crippen LogP contribution in [-0.4, -0.2) is 29.1 Å². The summed E-state index contributed by atoms with van der Waals surface area (Å²) in [5, 5.41) is 0. The summed E-state index contributed by atoms with van der Waals surface area (Å²) in [7, 11) is 0. The molecule has 1 rings (SSSR count). The van der Waals surface area contributed by atoms with Crippen LogP contribution in [0.2, 0.25) is 0 Å². The highest BCUT2D eigenvalue weighted by atomic mass is 15.4. The van der Waals surface area contributed by atoms with Crippen LogP contribution in [0.5, 0.6) is 0 Å². The van der Waals surface area contributed by atoms with Crippen molar-refractivity contribution in [2.75, 3.05) is 13.1 Å². The van der Waals surface area contributed by atoms with Gasteiger partial charge in [0, 0.05) is 25.5 Å². The van der Waals surface area contributed by atoms with E-state index < -0.39 is 0 Å². The monoisotopic (exact) mass is 378 g/mol. The highest BCUT2D eigenvalue weighted by molar-refractivity contribution is 4.96. The molecule has 0 aliphatic carbocycles. The van der Waals surface area contributed by atoms with Gasteiger partial charge in [-0.15, -0.1) is 0 Å². The fourth-order valence-electron chi connectivity index (χ4n) is 4.32. The molecule has 0 aromatic carbocycles. The maximum absolute atomic E-state index is 2.60. The molecule has 1 aliphatic heterocycles. The number of unbranched alkanes of at least 4 members (excludes halogenated alkanes) is 14. The Morgan fingerprint density at radius 2 is 0.963 bits per heavy atom. The van der Waals surface area contributed by atoms with Crippen LogP contribution in [0.1, 0.15) is 130 Å². The second kappa shape index (κ2) is 17.4. The van der Waals surface area contributed by atoms with E-state index in [2.05, 4.69) is 43.0 Å². The third kappa shape index (κ3) is 11.7. The zero-order valence-electron chi connectivity index (χ0n) is 19.1. The van der Waals surface area contributed by atoms with Gasteiger partial charge in [0.25, 0.3) is 0 Å². The van der Waals surface area contributed by atoms with E-state index in [4.69, 9.17) is 0 Å². The minimum atomic E-state index is 0.638. The molecule has 0 spiro atoms. The lowest BCUT2D eigenvalue weighted by Crippen LogP contribution is -2.38. The van der Waals surface area contributed by atoms with Gasteiger partial charge in [0.05, 0.1) is 0 Å². The summed E-state index contributed by atoms with van der Waals surface area (Å²) in [4.78, 5) is 5.13. The summed E-state index contributed by atoms with van der Waals surface area (Å²) in [5.41, 5.74) is 0. The number of rotatable bonds is 19. The molecule has 0 bridgehead atoms. The molecule has 160 valence electrons. The van der Waals surface area contributed by atoms with Crippen LogP contribution in [0, 0.1) is 0 Å². The smallest absolute Gasteiger partial charge is 0.101 e. The molecular formula is C25H50N2. The molecule has 1 atom stereocenters. The first-order chi connectivity index (χ1) is 13.3. The quantitative estimate of drug-likeness (QED) is 0.209. The van der Waals surface area contributed by atoms with Gasteiger partial charge in [-0.25, -0.2) is 0 Å². The maximum Gasteiger partial charge on any atom is 0.101 e. The zero-order chi connectivity index (χ0) is 19.6. The van der Waals surface area contributed by atoms with Crippen molar-refractivity contribution in [1.29, 1.82) is 0 Å². The molecule has 0 amide bonds. The van der Waals surface area contributed by atoms with Crippen LogP contribution < -0.4 is 0 Å². The predicted molar refractivity (Wildman–Crippen MR) is 122 cm³/mol. The van der Waals surface area contributed by atoms with Gasteiger partial charge < -0.3 is 9.80 Å². The number of hydrogen-bond acceptors (Lipinski definition) is 2. The van der Waals surface area contributed by atoms with Gasteiger partial charge in [-0.1, -0.05) is 104 Å². The lowest BCUT2D eigenvalue weighted by atomic mass is 10.0. The van der Waals surface area contributed by atoms with Gasteiger partial charge in [0.2, 0.25) is 0 Å². The van der Waals surface area contributed by atoms with Gasteiger partial charge >= 0.3 is 0 Å². The fraction of sp³-hybridized carbons (Fsp3) is 0.920. The summed E-state index contributed by atoms with van der Waals surface area (Å²) >= 11 is 0. The molecule has 1 heterocycles. The Morgan fingerprint density at radius 1 is 0.519 bits per heavy atom. The lowest BCUT2D eigenvalue weighted by molar-refractivity contribution is 0.142. The van der Waals surface area contributed by atoms with Crippen molar-refractivity contribution < 1.29 is 0 Å². The third-order valence-electron chi connectivity index (χ3n) is 6.17. The molecule has 2 nitrogen and oxygen atoms in total. The van der Waals surface area contributed by atoms with Crippen molar-refractivity contribution in [3.63, 3.8) is 0 Å². The van der Waals surface area contributed by atoms with E-state index in [1.807, 2.05) is 0 Å². The minimum absolute atomic E-state index is 0.638. The number of nitrogens with zero attached hydrogens (tertiary/aromatic N) is 2. The van der Waals surface area contributed by atoms with E-state index in [9.17, 15) is 0 Å². The van der Waals surface area contributed by atoms with Crippen LogP contribution in [0.15, 0.2) is 12.4 Å². The molecule has 1 unspecified atom stereocenters. The molecule has 2 heteroatoms. The Balaban J connectivity index is 1.96. The highest BCUT2D eigenvalue weighted by Crippen LogP contribution is 2.22. The van der Waals surface area contributed by atoms with Gasteiger partial charge in [-0.2, -0.15) is 0 Å². The van der Waals surface area contributed by atoms with Crippen LogP contribution in [0.25, 0.3) is 0 Å². The SMILES string of the molecule is CCCCCCCCCCCCCCCC1N(CC)C=CN1CCCCC. The van der Waals surface area contributed by atoms with Gasteiger partial charge in [-0.05, 0) is 26.2 Å². The second-order valence-corrected chi connectivity index (χ2v) is 8.59. The summed E-state index contributed by atoms with van der Waals surface area (Å²) in [6.45, 7) is 9.27. The standard InChI is InChI=1S/C25H50N2/c1-4-7-9-10-11-12-13-14-15-16-17-18-19-21-25-26(6-3)23-24-27(25)22-20-8-5-2/h23-25H,4-22H2,1-3H3. The van der Waals surface area contributed by atoms with E-state index >= 15 is 0 Å². The Labute approximate surface area is 171 Å². The third-order valence-corrected chi connectivity index (χ3v) is 6.17. The Hall–Kier alpha value is -0.660. The fourth-order valence-corrected chi connectivity index (χ4v) is 4.32. The van der Waals surface area contributed by atoms with Crippen LogP contribution >= 0.6 is 0 Å². The second-order valence-electron chi connectivity index (χ2n) is 8.59. The maximum atomic E-state index is 2.60. The first-order valence-corrected chi connectivity index (χ1v) is 12.5. The Kier molecular flexibility index (Phi) is 15.7. The summed E-state index contributed by atoms with van der Waals surface area (Å²) in [5.74, 6) is 0. The van der Waals surface area contributed by atoms with Crippen LogP contribution in [-0.2, 0) is 0 Å². The topological polar surface area (TPSA) is 6.48 Å². The molecule has 0 aromatic rings. The van der Waals surface area contributed by atoms with Crippen molar-refractivity contribution in [2.24, 2.45) is 0 Å². The van der Waals surface area contributed by atoms with E-state index in [1.54, 1.807) is 0 Å². The molecule has 0 fully saturated rings. The van der Waals surface area contributed by atoms with Gasteiger partial charge in [0.15, 0.2) is 0 Å². The zero-order valence-corrected chi connectivity index (χ0v) is 19.1. The first kappa shape index (κ1) is 24.4. The molecule has 27 heavy (non-hydrogen) atoms. The van der Waals surface area contributed by atoms with E-state index in [0.29, 0.717) is 6.17 Å². The summed E-state index contributed by atoms with van der Waals surface area (Å²) in [6, 6.07) is 0. The number of hydrogen-bond donors (Lipinski definition) is 0. The van der Waals surface area contributed by atoms with Crippen molar-refractivity contribution in [1.82, 2.24) is 9.80 Å². The molecule has 0 saturated heterocycles. The van der Waals surface area contributed by atoms with E-state index in [-0.39, 0.29) is 0 Å². The molecule has 0 N–H and O–H groups in total. The van der Waals surface area contributed by atoms with Crippen molar-refractivity contribution in [3.05, 3.63) is 12.4 Å². The van der Waals surface area contributed by atoms with Crippen LogP contribution in [0.4, 0.5) is 0 Å². The largest absolute Gasteiger partial charge is 0.356 e. The predicted octanol–water partition coefficient (Wildman–Crippen LogP) is 8.09. The molecule has 0 aromatic heterocycles. The van der Waals surface area contributed by atoms with Gasteiger partial charge in [-0.3, -0.25) is 0 Å². The van der Waals surface area contributed by atoms with Crippen molar-refractivity contribution in [2.45, 2.75) is 136 Å². The lowest BCUT2D eigenvalue weighted by Gasteiger charge is -2.32. The van der Waals surface area contributed by atoms with E-state index in [0.717, 1.165) is 6.54 Å². The first-order valence-electron chi connectivity index (χ1n) is 12.5.